The normalized spacial score (nSPS) is 12.7. The largest absolute Gasteiger partial charge is 0.490 e. The topological polar surface area (TPSA) is 196 Å². The molecule has 49 heavy (non-hydrogen) atoms. The molecule has 3 aromatic rings. The summed E-state index contributed by atoms with van der Waals surface area (Å²) in [4.78, 5) is 54.3. The van der Waals surface area contributed by atoms with Gasteiger partial charge in [-0.15, -0.1) is 0 Å². The number of carboxylic acids is 1. The maximum atomic E-state index is 14.7. The van der Waals surface area contributed by atoms with E-state index in [0.29, 0.717) is 39.3 Å². The zero-order chi connectivity index (χ0) is 36.5. The molecule has 0 aliphatic carbocycles. The summed E-state index contributed by atoms with van der Waals surface area (Å²) in [6.07, 6.45) is -3.86. The van der Waals surface area contributed by atoms with Crippen LogP contribution in [0.2, 0.25) is 5.02 Å². The molecular formula is C29H28ClF5N8O6. The second kappa shape index (κ2) is 16.6. The molecule has 0 bridgehead atoms. The smallest absolute Gasteiger partial charge is 0.476 e. The van der Waals surface area contributed by atoms with E-state index in [1.807, 2.05) is 0 Å². The number of hydrogen-bond acceptors (Lipinski definition) is 8. The lowest BCUT2D eigenvalue weighted by atomic mass is 10.1. The third kappa shape index (κ3) is 9.55. The van der Waals surface area contributed by atoms with Crippen LogP contribution in [0.4, 0.5) is 32.4 Å². The Morgan fingerprint density at radius 1 is 1.08 bits per heavy atom. The van der Waals surface area contributed by atoms with E-state index in [2.05, 4.69) is 15.6 Å². The number of ether oxygens (including phenoxy) is 1. The second-order valence-electron chi connectivity index (χ2n) is 9.96. The lowest BCUT2D eigenvalue weighted by Crippen LogP contribution is -2.53. The molecule has 2 heterocycles. The molecule has 4 rings (SSSR count). The summed E-state index contributed by atoms with van der Waals surface area (Å²) >= 11 is 6.39. The first-order chi connectivity index (χ1) is 23.1. The quantitative estimate of drug-likeness (QED) is 0.253. The number of nitrogens with zero attached hydrogens (tertiary/aromatic N) is 5. The average Bonchev–Trinajstić information content (AvgIpc) is 3.44. The molecule has 2 aromatic carbocycles. The summed E-state index contributed by atoms with van der Waals surface area (Å²) in [6, 6.07) is 8.30. The lowest BCUT2D eigenvalue weighted by Gasteiger charge is -2.34. The summed E-state index contributed by atoms with van der Waals surface area (Å²) in [7, 11) is 1.46. The molecule has 0 unspecified atom stereocenters. The van der Waals surface area contributed by atoms with Gasteiger partial charge in [0.05, 0.1) is 22.5 Å². The highest BCUT2D eigenvalue weighted by Gasteiger charge is 2.38. The van der Waals surface area contributed by atoms with Crippen LogP contribution in [0.15, 0.2) is 36.5 Å². The van der Waals surface area contributed by atoms with Crippen LogP contribution in [0.25, 0.3) is 11.3 Å². The predicted octanol–water partition coefficient (Wildman–Crippen LogP) is 3.23. The number of piperazine rings is 1. The van der Waals surface area contributed by atoms with E-state index in [1.165, 1.54) is 48.1 Å². The standard InChI is InChI=1S/C27H27ClF2N8O4.C2HF3O2/c1-36-20(18-4-5-21(42-13-7-32)23(30)22(18)29)15-34-24(36)25(39)35-16-2-3-17(19(28)14-16)26(40)37-9-11-38(12-10-37)27(41)33-8-6-31;3-2(4,5)1(6)7/h2-5,14-15H,6,8-13,31H2,1H3,(H,33,41)(H,35,39);(H,6,7). The van der Waals surface area contributed by atoms with Gasteiger partial charge in [-0.25, -0.2) is 19.0 Å². The molecule has 14 nitrogen and oxygen atoms in total. The van der Waals surface area contributed by atoms with Gasteiger partial charge in [0.1, 0.15) is 6.07 Å². The minimum absolute atomic E-state index is 0.0979. The highest BCUT2D eigenvalue weighted by molar-refractivity contribution is 6.34. The van der Waals surface area contributed by atoms with Crippen molar-refractivity contribution in [2.45, 2.75) is 6.18 Å². The number of nitriles is 1. The van der Waals surface area contributed by atoms with Crippen molar-refractivity contribution in [3.8, 4) is 23.1 Å². The summed E-state index contributed by atoms with van der Waals surface area (Å²) in [5.74, 6) is -6.72. The zero-order valence-electron chi connectivity index (χ0n) is 25.5. The van der Waals surface area contributed by atoms with Crippen LogP contribution in [-0.2, 0) is 11.8 Å². The van der Waals surface area contributed by atoms with Gasteiger partial charge >= 0.3 is 18.2 Å². The van der Waals surface area contributed by atoms with Crippen LogP contribution < -0.4 is 21.1 Å². The predicted molar refractivity (Wildman–Crippen MR) is 163 cm³/mol. The van der Waals surface area contributed by atoms with Gasteiger partial charge < -0.3 is 40.6 Å². The van der Waals surface area contributed by atoms with E-state index < -0.39 is 42.0 Å². The fourth-order valence-corrected chi connectivity index (χ4v) is 4.61. The number of nitrogens with two attached hydrogens (primary N) is 1. The third-order valence-corrected chi connectivity index (χ3v) is 7.09. The molecule has 1 aliphatic heterocycles. The molecule has 1 aromatic heterocycles. The molecule has 0 radical (unpaired) electrons. The Hall–Kier alpha value is -5.48. The number of imidazole rings is 1. The van der Waals surface area contributed by atoms with Crippen molar-refractivity contribution in [3.63, 3.8) is 0 Å². The molecule has 1 saturated heterocycles. The van der Waals surface area contributed by atoms with Gasteiger partial charge in [-0.2, -0.15) is 22.8 Å². The van der Waals surface area contributed by atoms with Gasteiger partial charge in [-0.3, -0.25) is 9.59 Å². The number of alkyl halides is 3. The number of carbonyl (C=O) groups excluding carboxylic acids is 3. The number of benzene rings is 2. The molecule has 1 fully saturated rings. The molecule has 20 heteroatoms. The number of amides is 4. The summed E-state index contributed by atoms with van der Waals surface area (Å²) in [5, 5.41) is 21.2. The van der Waals surface area contributed by atoms with E-state index >= 15 is 0 Å². The maximum absolute atomic E-state index is 14.7. The Kier molecular flexibility index (Phi) is 12.8. The van der Waals surface area contributed by atoms with Crippen molar-refractivity contribution >= 4 is 41.1 Å². The summed E-state index contributed by atoms with van der Waals surface area (Å²) in [6.45, 7) is 1.61. The van der Waals surface area contributed by atoms with Gasteiger partial charge in [0.2, 0.25) is 5.82 Å². The Balaban J connectivity index is 0.000000838. The number of nitrogens with one attached hydrogen (secondary N) is 2. The Labute approximate surface area is 279 Å². The molecule has 1 aliphatic rings. The van der Waals surface area contributed by atoms with Gasteiger partial charge in [-0.1, -0.05) is 11.6 Å². The van der Waals surface area contributed by atoms with Crippen LogP contribution in [-0.4, -0.2) is 100 Å². The van der Waals surface area contributed by atoms with E-state index in [1.54, 1.807) is 15.9 Å². The van der Waals surface area contributed by atoms with Gasteiger partial charge in [0.15, 0.2) is 24.0 Å². The van der Waals surface area contributed by atoms with Crippen LogP contribution in [0, 0.1) is 23.0 Å². The van der Waals surface area contributed by atoms with Gasteiger partial charge in [0, 0.05) is 57.6 Å². The lowest BCUT2D eigenvalue weighted by molar-refractivity contribution is -0.192. The molecule has 0 saturated carbocycles. The van der Waals surface area contributed by atoms with Crippen LogP contribution in [0.5, 0.6) is 5.75 Å². The fraction of sp³-hybridized carbons (Fsp3) is 0.310. The monoisotopic (exact) mass is 714 g/mol. The molecule has 5 N–H and O–H groups in total. The SMILES string of the molecule is Cn1c(-c2ccc(OCC#N)c(F)c2F)cnc1C(=O)Nc1ccc(C(=O)N2CCN(C(=O)NCCN)CC2)c(Cl)c1.O=C(O)C(F)(F)F. The Morgan fingerprint density at radius 2 is 1.71 bits per heavy atom. The number of halogens is 6. The van der Waals surface area contributed by atoms with Gasteiger partial charge in [0.25, 0.3) is 11.8 Å². The van der Waals surface area contributed by atoms with E-state index in [-0.39, 0.29) is 45.3 Å². The third-order valence-electron chi connectivity index (χ3n) is 6.78. The van der Waals surface area contributed by atoms with Crippen molar-refractivity contribution in [2.24, 2.45) is 12.8 Å². The highest BCUT2D eigenvalue weighted by Crippen LogP contribution is 2.30. The van der Waals surface area contributed by atoms with E-state index in [9.17, 15) is 36.3 Å². The minimum Gasteiger partial charge on any atom is -0.476 e. The van der Waals surface area contributed by atoms with Crippen molar-refractivity contribution < 1.29 is 51.0 Å². The number of aromatic nitrogens is 2. The number of rotatable bonds is 8. The summed E-state index contributed by atoms with van der Waals surface area (Å²) < 4.78 is 67.1. The first-order valence-corrected chi connectivity index (χ1v) is 14.4. The first-order valence-electron chi connectivity index (χ1n) is 14.0. The number of hydrogen-bond donors (Lipinski definition) is 4. The number of carboxylic acid groups (broad SMARTS) is 1. The Bertz CT molecular complexity index is 1760. The zero-order valence-corrected chi connectivity index (χ0v) is 26.2. The molecule has 262 valence electrons. The maximum Gasteiger partial charge on any atom is 0.490 e. The molecule has 0 spiro atoms. The van der Waals surface area contributed by atoms with Crippen LogP contribution in [0.1, 0.15) is 21.0 Å². The second-order valence-corrected chi connectivity index (χ2v) is 10.4. The van der Waals surface area contributed by atoms with Crippen LogP contribution in [0.3, 0.4) is 0 Å². The van der Waals surface area contributed by atoms with Crippen molar-refractivity contribution in [3.05, 3.63) is 64.6 Å². The van der Waals surface area contributed by atoms with Crippen molar-refractivity contribution in [1.82, 2.24) is 24.7 Å². The molecular weight excluding hydrogens is 687 g/mol. The molecule has 4 amide bonds. The number of carbonyl (C=O) groups is 4. The Morgan fingerprint density at radius 3 is 2.29 bits per heavy atom. The average molecular weight is 715 g/mol. The van der Waals surface area contributed by atoms with Crippen molar-refractivity contribution in [1.29, 1.82) is 5.26 Å². The number of aliphatic carboxylic acids is 1. The number of urea groups is 1. The van der Waals surface area contributed by atoms with E-state index in [4.69, 9.17) is 37.2 Å². The van der Waals surface area contributed by atoms with Crippen LogP contribution >= 0.6 is 11.6 Å². The van der Waals surface area contributed by atoms with E-state index in [0.717, 1.165) is 0 Å². The number of anilines is 1. The van der Waals surface area contributed by atoms with Gasteiger partial charge in [-0.05, 0) is 30.3 Å². The highest BCUT2D eigenvalue weighted by atomic mass is 35.5. The summed E-state index contributed by atoms with van der Waals surface area (Å²) in [5.41, 5.74) is 5.89. The first kappa shape index (κ1) is 38.0. The fourth-order valence-electron chi connectivity index (χ4n) is 4.35. The minimum atomic E-state index is -5.08. The molecule has 0 atom stereocenters. The van der Waals surface area contributed by atoms with Crippen molar-refractivity contribution in [2.75, 3.05) is 51.2 Å².